The standard InChI is InChI=1S/C23H30N4O3.C23H28N4O3.C20H26BNO5.C18H19N3O3.C4H5BrN2.C4H9NO.C2H4O2.B.2Na.H2O.H/c2*1-15(2)30-23(28)20-11-19-10-18(21-12-24-14-25(21)5)13-27(19)22(16(20)3)17(4)26-6-8-29-9-7-26;1-8-25-18(24)16-10-15-9-14(11-22(15)17(12(16)2)13(3)23)21-26-19(4,5)20(6,7)27-21;1-5-24-18(23)15-7-14-6-13(16-8-19-10-20(16)4)9-21(14)17(11(15)2)12(3)22;1-7-3-6-2-4(7)5;1-3-6-4-2-5-1;1-2(3)4;;;;;/h10-15,17H,6-9H2,1-5H3;10-15H,4,6-9H2,1-3,5H3;9-11H,8H2,1-7H3;6-10H,5H2,1-4H3;2-3H,1H3;5H,1-4H2;1H3,(H,3,4);;;;1H2;/q;;;;;;;;2*+1;;-1/p-1. The predicted molar refractivity (Wildman–Crippen MR) is 503 cm³/mol. The number of hydrogen-bond acceptors (Lipinski definition) is 24. The van der Waals surface area contributed by atoms with Crippen molar-refractivity contribution in [3.63, 3.8) is 0 Å². The summed E-state index contributed by atoms with van der Waals surface area (Å²) in [5.41, 5.74) is 18.2. The molecule has 12 aromatic rings. The Morgan fingerprint density at radius 2 is 0.848 bits per heavy atom. The van der Waals surface area contributed by atoms with Gasteiger partial charge >= 0.3 is 90.1 Å². The van der Waals surface area contributed by atoms with Gasteiger partial charge in [-0.1, -0.05) is 6.58 Å². The normalized spacial score (nSPS) is 14.5. The number of nitrogens with zero attached hydrogens (tertiary/aromatic N) is 14. The number of morpholine rings is 3. The summed E-state index contributed by atoms with van der Waals surface area (Å²) in [4.78, 5) is 105. The monoisotopic (exact) mass is 1900 g/mol. The van der Waals surface area contributed by atoms with Crippen LogP contribution in [0.4, 0.5) is 0 Å². The van der Waals surface area contributed by atoms with Gasteiger partial charge in [0.2, 0.25) is 0 Å². The van der Waals surface area contributed by atoms with Crippen molar-refractivity contribution in [3.05, 3.63) is 202 Å². The minimum absolute atomic E-state index is 0. The summed E-state index contributed by atoms with van der Waals surface area (Å²) < 4.78 is 66.3. The van der Waals surface area contributed by atoms with Crippen LogP contribution >= 0.6 is 15.9 Å². The number of hydrogen-bond donors (Lipinski definition) is 2. The number of carbonyl (C=O) groups excluding carboxylic acids is 6. The van der Waals surface area contributed by atoms with E-state index in [1.165, 1.54) is 13.8 Å². The van der Waals surface area contributed by atoms with Crippen molar-refractivity contribution >= 4 is 106 Å². The zero-order chi connectivity index (χ0) is 93.5. The molecule has 4 fully saturated rings. The van der Waals surface area contributed by atoms with Crippen LogP contribution in [-0.4, -0.2) is 249 Å². The minimum Gasteiger partial charge on any atom is -1.00 e. The smallest absolute Gasteiger partial charge is 1.00 e. The topological polar surface area (TPSA) is 360 Å². The first-order valence-electron chi connectivity index (χ1n) is 42.8. The fourth-order valence-corrected chi connectivity index (χ4v) is 15.6. The van der Waals surface area contributed by atoms with Crippen molar-refractivity contribution in [1.29, 1.82) is 0 Å². The molecular formula is C94H123B2BrN15Na2O18. The van der Waals surface area contributed by atoms with Gasteiger partial charge in [-0.05, 0) is 191 Å². The van der Waals surface area contributed by atoms with Gasteiger partial charge in [0.1, 0.15) is 4.60 Å². The van der Waals surface area contributed by atoms with Gasteiger partial charge in [0.25, 0.3) is 5.97 Å². The molecule has 4 aliphatic heterocycles. The summed E-state index contributed by atoms with van der Waals surface area (Å²) in [7, 11) is 7.25. The molecule has 0 aliphatic carbocycles. The van der Waals surface area contributed by atoms with Gasteiger partial charge in [-0.3, -0.25) is 19.3 Å². The van der Waals surface area contributed by atoms with Gasteiger partial charge < -0.3 is 101 Å². The molecule has 0 amide bonds. The van der Waals surface area contributed by atoms with Crippen LogP contribution in [0.3, 0.4) is 0 Å². The number of rotatable bonds is 18. The summed E-state index contributed by atoms with van der Waals surface area (Å²) in [5, 5.41) is 10.6. The Hall–Kier alpha value is -9.60. The number of esters is 4. The second kappa shape index (κ2) is 49.6. The zero-order valence-electron chi connectivity index (χ0n) is 81.6. The molecular weight excluding hydrogens is 1770 g/mol. The first-order valence-corrected chi connectivity index (χ1v) is 43.6. The number of halogens is 1. The Bertz CT molecular complexity index is 5960. The number of pyridine rings is 4. The number of carboxylic acids is 1. The van der Waals surface area contributed by atoms with Crippen LogP contribution in [-0.2, 0) is 75.5 Å². The zero-order valence-corrected chi connectivity index (χ0v) is 86.2. The summed E-state index contributed by atoms with van der Waals surface area (Å²) in [5.74, 6) is -2.50. The number of carbonyl (C=O) groups is 7. The number of fused-ring (bicyclic) bond motifs is 4. The molecule has 4 saturated heterocycles. The Balaban J connectivity index is 0.000000292. The largest absolute Gasteiger partial charge is 1.00 e. The van der Waals surface area contributed by atoms with Crippen molar-refractivity contribution in [2.75, 3.05) is 92.1 Å². The summed E-state index contributed by atoms with van der Waals surface area (Å²) in [6.07, 6.45) is 21.9. The van der Waals surface area contributed by atoms with Gasteiger partial charge in [0.05, 0.1) is 188 Å². The SMILES string of the molecule is C1COCCN1.C=C(c1c(C)c(C(=O)OC(C)C)cc2cc(-c3cncn3C)cn12)N1CCOCC1.CC(=O)O.CCOC(=O)c1cc2cc(-c3cncn3C)cn2c(C(C)=O)c1C.CCOC(=O)c1cc2cc(B3OC(C)(C)C(C)(C)O3)cn2c(C(C)=O)c1C.Cc1c(C(=O)OC(C)C)cc2cc(-c3cncn3C)cn2c1C(C)N1CCOCC1.Cn1cncc1Br.[B].[H-].[Na+].[Na+].[OH-]. The average Bonchev–Trinajstić information content (AvgIpc) is 1.65. The number of ether oxygens (including phenoxy) is 7. The van der Waals surface area contributed by atoms with Gasteiger partial charge in [-0.15, -0.1) is 0 Å². The summed E-state index contributed by atoms with van der Waals surface area (Å²) in [6, 6.07) is 15.5. The van der Waals surface area contributed by atoms with Gasteiger partial charge in [-0.25, -0.2) is 39.1 Å². The fraction of sp³-hybridized carbons (Fsp3) is 0.436. The summed E-state index contributed by atoms with van der Waals surface area (Å²) >= 11 is 3.27. The number of aliphatic carboxylic acids is 1. The molecule has 3 radical (unpaired) electrons. The van der Waals surface area contributed by atoms with Crippen LogP contribution in [0.15, 0.2) is 135 Å². The molecule has 33 nitrogen and oxygen atoms in total. The fourth-order valence-electron chi connectivity index (χ4n) is 15.4. The molecule has 38 heteroatoms. The maximum absolute atomic E-state index is 12.9. The van der Waals surface area contributed by atoms with Gasteiger partial charge in [-0.2, -0.15) is 0 Å². The van der Waals surface area contributed by atoms with Crippen molar-refractivity contribution in [3.8, 4) is 33.8 Å². The number of imidazole rings is 4. The number of Topliss-reactive ketones (excluding diaryl/α,β-unsaturated/α-hetero) is 2. The molecule has 16 heterocycles. The molecule has 0 spiro atoms. The second-order valence-electron chi connectivity index (χ2n) is 33.1. The van der Waals surface area contributed by atoms with E-state index in [1.807, 2.05) is 169 Å². The van der Waals surface area contributed by atoms with E-state index >= 15 is 0 Å². The van der Waals surface area contributed by atoms with E-state index in [2.05, 4.69) is 97.8 Å². The molecule has 132 heavy (non-hydrogen) atoms. The van der Waals surface area contributed by atoms with Crippen LogP contribution in [0.2, 0.25) is 0 Å². The predicted octanol–water partition coefficient (Wildman–Crippen LogP) is 7.52. The van der Waals surface area contributed by atoms with E-state index in [0.29, 0.717) is 64.6 Å². The minimum atomic E-state index is -0.833. The molecule has 0 aromatic carbocycles. The summed E-state index contributed by atoms with van der Waals surface area (Å²) in [6.45, 7) is 47.6. The van der Waals surface area contributed by atoms with Gasteiger partial charge in [0, 0.05) is 177 Å². The third-order valence-corrected chi connectivity index (χ3v) is 23.3. The number of ketones is 2. The molecule has 697 valence electrons. The van der Waals surface area contributed by atoms with Crippen LogP contribution in [0.5, 0.6) is 0 Å². The number of aryl methyl sites for hydroxylation is 4. The third kappa shape index (κ3) is 26.7. The van der Waals surface area contributed by atoms with Crippen LogP contribution in [0.1, 0.15) is 200 Å². The van der Waals surface area contributed by atoms with E-state index in [4.69, 9.17) is 52.4 Å². The van der Waals surface area contributed by atoms with Crippen LogP contribution in [0, 0.1) is 27.7 Å². The molecule has 1 unspecified atom stereocenters. The molecule has 1 atom stereocenters. The first kappa shape index (κ1) is 111. The molecule has 0 bridgehead atoms. The van der Waals surface area contributed by atoms with Crippen LogP contribution < -0.4 is 69.9 Å². The number of aromatic nitrogens is 12. The van der Waals surface area contributed by atoms with Crippen molar-refractivity contribution in [2.24, 2.45) is 28.2 Å². The van der Waals surface area contributed by atoms with Gasteiger partial charge in [0.15, 0.2) is 11.6 Å². The van der Waals surface area contributed by atoms with Crippen molar-refractivity contribution in [2.45, 2.75) is 154 Å². The van der Waals surface area contributed by atoms with E-state index in [9.17, 15) is 28.8 Å². The van der Waals surface area contributed by atoms with Crippen LogP contribution in [0.25, 0.3) is 61.5 Å². The quantitative estimate of drug-likeness (QED) is 0.0363. The third-order valence-electron chi connectivity index (χ3n) is 22.5. The molecule has 3 N–H and O–H groups in total. The Morgan fingerprint density at radius 1 is 0.508 bits per heavy atom. The Labute approximate surface area is 827 Å². The van der Waals surface area contributed by atoms with E-state index < -0.39 is 36.2 Å². The maximum Gasteiger partial charge on any atom is 1.00 e. The second-order valence-corrected chi connectivity index (χ2v) is 33.9. The molecule has 12 aromatic heterocycles. The number of nitrogens with one attached hydrogen (secondary N) is 1. The Kier molecular flexibility index (Phi) is 41.7. The van der Waals surface area contributed by atoms with E-state index in [0.717, 1.165) is 167 Å². The van der Waals surface area contributed by atoms with Crippen molar-refractivity contribution in [1.82, 2.24) is 70.9 Å². The molecule has 4 aliphatic rings. The van der Waals surface area contributed by atoms with E-state index in [-0.39, 0.29) is 123 Å². The average molecular weight is 1900 g/mol. The number of carboxylic acid groups (broad SMARTS) is 1. The first-order chi connectivity index (χ1) is 60.7. The Morgan fingerprint density at radius 3 is 1.19 bits per heavy atom. The molecule has 16 rings (SSSR count). The maximum atomic E-state index is 12.9. The van der Waals surface area contributed by atoms with Crippen molar-refractivity contribution < 1.29 is 147 Å². The molecule has 0 saturated carbocycles. The van der Waals surface area contributed by atoms with E-state index in [1.54, 1.807) is 81.9 Å².